The maximum atomic E-state index is 10.7. The van der Waals surface area contributed by atoms with Gasteiger partial charge < -0.3 is 24.6 Å². The predicted molar refractivity (Wildman–Crippen MR) is 78.9 cm³/mol. The van der Waals surface area contributed by atoms with Gasteiger partial charge in [0.2, 0.25) is 0 Å². The van der Waals surface area contributed by atoms with E-state index in [9.17, 15) is 4.79 Å². The molecule has 0 amide bonds. The van der Waals surface area contributed by atoms with Gasteiger partial charge in [0, 0.05) is 25.8 Å². The van der Waals surface area contributed by atoms with Crippen LogP contribution in [0.25, 0.3) is 0 Å². The number of aliphatic carboxylic acids is 1. The molecule has 0 aromatic heterocycles. The summed E-state index contributed by atoms with van der Waals surface area (Å²) in [4.78, 5) is 10.7. The van der Waals surface area contributed by atoms with Gasteiger partial charge >= 0.3 is 5.97 Å². The minimum Gasteiger partial charge on any atom is -0.490 e. The van der Waals surface area contributed by atoms with E-state index in [1.807, 2.05) is 19.1 Å². The number of benzene rings is 1. The van der Waals surface area contributed by atoms with Crippen LogP contribution in [0.1, 0.15) is 18.9 Å². The van der Waals surface area contributed by atoms with E-state index in [4.69, 9.17) is 19.3 Å². The van der Waals surface area contributed by atoms with Gasteiger partial charge in [-0.3, -0.25) is 0 Å². The summed E-state index contributed by atoms with van der Waals surface area (Å²) in [7, 11) is 1.67. The fourth-order valence-electron chi connectivity index (χ4n) is 1.83. The fourth-order valence-corrected chi connectivity index (χ4v) is 1.83. The highest BCUT2D eigenvalue weighted by atomic mass is 16.5. The van der Waals surface area contributed by atoms with Crippen LogP contribution in [0.4, 0.5) is 0 Å². The number of carbonyl (C=O) groups is 1. The summed E-state index contributed by atoms with van der Waals surface area (Å²) in [6.45, 7) is 4.07. The molecule has 0 saturated heterocycles. The standard InChI is InChI=1S/C15H23NO5/c1-3-20-13-7-4-6-12(10-16-8-5-9-19-2)15(13)21-11-14(17)18/h4,6-7,16H,3,5,8-11H2,1-2H3,(H,17,18). The maximum Gasteiger partial charge on any atom is 0.341 e. The number of hydrogen-bond acceptors (Lipinski definition) is 5. The zero-order chi connectivity index (χ0) is 15.5. The second-order valence-corrected chi connectivity index (χ2v) is 4.38. The molecule has 0 aliphatic heterocycles. The Morgan fingerprint density at radius 3 is 2.81 bits per heavy atom. The topological polar surface area (TPSA) is 77.0 Å². The number of ether oxygens (including phenoxy) is 3. The van der Waals surface area contributed by atoms with Crippen LogP contribution in [0.3, 0.4) is 0 Å². The minimum atomic E-state index is -1.01. The minimum absolute atomic E-state index is 0.388. The average molecular weight is 297 g/mol. The molecule has 0 heterocycles. The van der Waals surface area contributed by atoms with Gasteiger partial charge in [-0.05, 0) is 26.0 Å². The first-order chi connectivity index (χ1) is 10.2. The predicted octanol–water partition coefficient (Wildman–Crippen LogP) is 1.67. The van der Waals surface area contributed by atoms with Crippen molar-refractivity contribution in [3.63, 3.8) is 0 Å². The van der Waals surface area contributed by atoms with Gasteiger partial charge in [-0.1, -0.05) is 12.1 Å². The first-order valence-corrected chi connectivity index (χ1v) is 6.98. The molecule has 0 saturated carbocycles. The van der Waals surface area contributed by atoms with Crippen molar-refractivity contribution in [3.8, 4) is 11.5 Å². The molecule has 0 unspecified atom stereocenters. The molecule has 0 radical (unpaired) electrons. The summed E-state index contributed by atoms with van der Waals surface area (Å²) in [5, 5.41) is 12.0. The van der Waals surface area contributed by atoms with Crippen molar-refractivity contribution < 1.29 is 24.1 Å². The van der Waals surface area contributed by atoms with Crippen LogP contribution < -0.4 is 14.8 Å². The SMILES string of the molecule is CCOc1cccc(CNCCCOC)c1OCC(=O)O. The number of carboxylic acid groups (broad SMARTS) is 1. The van der Waals surface area contributed by atoms with Crippen LogP contribution in [0, 0.1) is 0 Å². The third kappa shape index (κ3) is 6.46. The van der Waals surface area contributed by atoms with Crippen molar-refractivity contribution in [2.45, 2.75) is 19.9 Å². The second-order valence-electron chi connectivity index (χ2n) is 4.38. The highest BCUT2D eigenvalue weighted by Gasteiger charge is 2.12. The molecule has 0 atom stereocenters. The molecule has 1 aromatic rings. The molecule has 1 rings (SSSR count). The molecule has 118 valence electrons. The smallest absolute Gasteiger partial charge is 0.341 e. The van der Waals surface area contributed by atoms with Gasteiger partial charge in [0.25, 0.3) is 0 Å². The molecule has 0 aliphatic carbocycles. The van der Waals surface area contributed by atoms with Crippen molar-refractivity contribution in [1.82, 2.24) is 5.32 Å². The lowest BCUT2D eigenvalue weighted by molar-refractivity contribution is -0.139. The van der Waals surface area contributed by atoms with Crippen LogP contribution in [0.15, 0.2) is 18.2 Å². The van der Waals surface area contributed by atoms with Gasteiger partial charge in [0.1, 0.15) is 0 Å². The summed E-state index contributed by atoms with van der Waals surface area (Å²) in [6.07, 6.45) is 0.910. The maximum absolute atomic E-state index is 10.7. The zero-order valence-electron chi connectivity index (χ0n) is 12.6. The highest BCUT2D eigenvalue weighted by molar-refractivity contribution is 5.68. The van der Waals surface area contributed by atoms with Crippen LogP contribution in [-0.4, -0.2) is 44.6 Å². The van der Waals surface area contributed by atoms with Crippen molar-refractivity contribution in [3.05, 3.63) is 23.8 Å². The summed E-state index contributed by atoms with van der Waals surface area (Å²) < 4.78 is 15.8. The van der Waals surface area contributed by atoms with E-state index in [-0.39, 0.29) is 6.61 Å². The molecule has 0 spiro atoms. The Balaban J connectivity index is 2.70. The van der Waals surface area contributed by atoms with Gasteiger partial charge in [-0.2, -0.15) is 0 Å². The Morgan fingerprint density at radius 2 is 2.14 bits per heavy atom. The first-order valence-electron chi connectivity index (χ1n) is 6.98. The molecule has 0 fully saturated rings. The molecular weight excluding hydrogens is 274 g/mol. The molecule has 21 heavy (non-hydrogen) atoms. The van der Waals surface area contributed by atoms with Crippen molar-refractivity contribution in [2.75, 3.05) is 33.5 Å². The Labute approximate surface area is 125 Å². The second kappa shape index (κ2) is 10.0. The number of methoxy groups -OCH3 is 1. The quantitative estimate of drug-likeness (QED) is 0.605. The summed E-state index contributed by atoms with van der Waals surface area (Å²) >= 11 is 0. The highest BCUT2D eigenvalue weighted by Crippen LogP contribution is 2.31. The fraction of sp³-hybridized carbons (Fsp3) is 0.533. The lowest BCUT2D eigenvalue weighted by Crippen LogP contribution is -2.18. The molecule has 1 aromatic carbocycles. The monoisotopic (exact) mass is 297 g/mol. The van der Waals surface area contributed by atoms with Crippen LogP contribution in [0.2, 0.25) is 0 Å². The zero-order valence-corrected chi connectivity index (χ0v) is 12.6. The lowest BCUT2D eigenvalue weighted by atomic mass is 10.2. The summed E-state index contributed by atoms with van der Waals surface area (Å²) in [5.74, 6) is 0.0382. The molecular formula is C15H23NO5. The van der Waals surface area contributed by atoms with Crippen molar-refractivity contribution in [1.29, 1.82) is 0 Å². The summed E-state index contributed by atoms with van der Waals surface area (Å²) in [6, 6.07) is 5.53. The van der Waals surface area contributed by atoms with Gasteiger partial charge in [0.05, 0.1) is 6.61 Å². The van der Waals surface area contributed by atoms with Crippen LogP contribution >= 0.6 is 0 Å². The third-order valence-corrected chi connectivity index (χ3v) is 2.72. The van der Waals surface area contributed by atoms with Crippen LogP contribution in [0.5, 0.6) is 11.5 Å². The van der Waals surface area contributed by atoms with Gasteiger partial charge in [-0.15, -0.1) is 0 Å². The molecule has 6 nitrogen and oxygen atoms in total. The Hall–Kier alpha value is -1.79. The number of carboxylic acids is 1. The van der Waals surface area contributed by atoms with Gasteiger partial charge in [0.15, 0.2) is 18.1 Å². The van der Waals surface area contributed by atoms with E-state index in [2.05, 4.69) is 5.32 Å². The number of hydrogen-bond donors (Lipinski definition) is 2. The number of para-hydroxylation sites is 1. The van der Waals surface area contributed by atoms with E-state index in [1.54, 1.807) is 13.2 Å². The Bertz CT molecular complexity index is 436. The molecule has 0 bridgehead atoms. The average Bonchev–Trinajstić information content (AvgIpc) is 2.46. The van der Waals surface area contributed by atoms with E-state index in [0.29, 0.717) is 31.3 Å². The first kappa shape index (κ1) is 17.3. The largest absolute Gasteiger partial charge is 0.490 e. The van der Waals surface area contributed by atoms with Crippen molar-refractivity contribution >= 4 is 5.97 Å². The Kier molecular flexibility index (Phi) is 8.23. The normalized spacial score (nSPS) is 10.4. The number of nitrogens with one attached hydrogen (secondary N) is 1. The van der Waals surface area contributed by atoms with E-state index in [1.165, 1.54) is 0 Å². The van der Waals surface area contributed by atoms with E-state index >= 15 is 0 Å². The van der Waals surface area contributed by atoms with E-state index in [0.717, 1.165) is 18.5 Å². The number of rotatable bonds is 11. The van der Waals surface area contributed by atoms with Gasteiger partial charge in [-0.25, -0.2) is 4.79 Å². The molecule has 0 aliphatic rings. The Morgan fingerprint density at radius 1 is 1.33 bits per heavy atom. The van der Waals surface area contributed by atoms with E-state index < -0.39 is 5.97 Å². The van der Waals surface area contributed by atoms with Crippen LogP contribution in [-0.2, 0) is 16.1 Å². The lowest BCUT2D eigenvalue weighted by Gasteiger charge is -2.15. The molecule has 6 heteroatoms. The molecule has 2 N–H and O–H groups in total. The summed E-state index contributed by atoms with van der Waals surface area (Å²) in [5.41, 5.74) is 0.875. The van der Waals surface area contributed by atoms with Crippen molar-refractivity contribution in [2.24, 2.45) is 0 Å². The third-order valence-electron chi connectivity index (χ3n) is 2.72.